The number of hydrogen-bond acceptors (Lipinski definition) is 5. The van der Waals surface area contributed by atoms with Crippen LogP contribution < -0.4 is 4.90 Å². The number of nitrogens with zero attached hydrogens (tertiary/aromatic N) is 2. The molecule has 0 fully saturated rings. The van der Waals surface area contributed by atoms with Gasteiger partial charge in [-0.2, -0.15) is 0 Å². The Morgan fingerprint density at radius 2 is 1.06 bits per heavy atom. The summed E-state index contributed by atoms with van der Waals surface area (Å²) in [4.78, 5) is 7.33. The number of para-hydroxylation sites is 1. The van der Waals surface area contributed by atoms with Gasteiger partial charge in [0.2, 0.25) is 0 Å². The molecule has 54 heavy (non-hydrogen) atoms. The molecule has 0 atom stereocenters. The molecule has 0 aliphatic carbocycles. The van der Waals surface area contributed by atoms with Crippen molar-refractivity contribution in [3.63, 3.8) is 0 Å². The molecule has 0 spiro atoms. The van der Waals surface area contributed by atoms with E-state index in [9.17, 15) is 0 Å². The number of hydrogen-bond donors (Lipinski definition) is 0. The lowest BCUT2D eigenvalue weighted by Gasteiger charge is -2.26. The molecule has 3 aromatic heterocycles. The van der Waals surface area contributed by atoms with Gasteiger partial charge in [0.25, 0.3) is 0 Å². The molecule has 0 saturated heterocycles. The number of thiophene rings is 1. The SMILES string of the molecule is c1ccc(-c2cccc(N(c3ccc(-c4ccc5c(c4)sc4ccc6nc(-c7ccccc7)sc6c45)cc3)c3ccc4c(c3)oc3ccccc34)c2)cc1. The molecule has 0 bridgehead atoms. The van der Waals surface area contributed by atoms with Gasteiger partial charge in [-0.05, 0) is 82.9 Å². The fraction of sp³-hybridized carbons (Fsp3) is 0. The Balaban J connectivity index is 0.993. The normalized spacial score (nSPS) is 11.7. The highest BCUT2D eigenvalue weighted by Gasteiger charge is 2.18. The van der Waals surface area contributed by atoms with E-state index in [0.717, 1.165) is 55.1 Å². The predicted octanol–water partition coefficient (Wildman–Crippen LogP) is 15.0. The van der Waals surface area contributed by atoms with Gasteiger partial charge in [-0.15, -0.1) is 22.7 Å². The first-order chi connectivity index (χ1) is 26.7. The highest BCUT2D eigenvalue weighted by molar-refractivity contribution is 7.28. The average Bonchev–Trinajstić information content (AvgIpc) is 3.95. The van der Waals surface area contributed by atoms with E-state index >= 15 is 0 Å². The van der Waals surface area contributed by atoms with Gasteiger partial charge in [-0.3, -0.25) is 0 Å². The van der Waals surface area contributed by atoms with Gasteiger partial charge in [0, 0.05) is 59.6 Å². The van der Waals surface area contributed by atoms with Crippen LogP contribution in [0.3, 0.4) is 0 Å². The summed E-state index contributed by atoms with van der Waals surface area (Å²) >= 11 is 3.64. The lowest BCUT2D eigenvalue weighted by Crippen LogP contribution is -2.10. The van der Waals surface area contributed by atoms with Gasteiger partial charge in [0.15, 0.2) is 0 Å². The van der Waals surface area contributed by atoms with E-state index in [2.05, 4.69) is 175 Å². The summed E-state index contributed by atoms with van der Waals surface area (Å²) in [5.41, 5.74) is 11.9. The van der Waals surface area contributed by atoms with Crippen molar-refractivity contribution in [1.29, 1.82) is 0 Å². The fourth-order valence-corrected chi connectivity index (χ4v) is 10.0. The predicted molar refractivity (Wildman–Crippen MR) is 231 cm³/mol. The summed E-state index contributed by atoms with van der Waals surface area (Å²) in [6, 6.07) is 64.8. The van der Waals surface area contributed by atoms with Crippen molar-refractivity contribution in [1.82, 2.24) is 4.98 Å². The molecule has 11 rings (SSSR count). The van der Waals surface area contributed by atoms with Crippen LogP contribution in [0.5, 0.6) is 0 Å². The second-order valence-electron chi connectivity index (χ2n) is 13.6. The van der Waals surface area contributed by atoms with Gasteiger partial charge in [-0.1, -0.05) is 115 Å². The number of rotatable bonds is 6. The first-order valence-electron chi connectivity index (χ1n) is 18.0. The zero-order chi connectivity index (χ0) is 35.6. The van der Waals surface area contributed by atoms with Crippen molar-refractivity contribution in [3.05, 3.63) is 182 Å². The summed E-state index contributed by atoms with van der Waals surface area (Å²) in [6.07, 6.45) is 0. The Morgan fingerprint density at radius 3 is 1.91 bits per heavy atom. The number of aromatic nitrogens is 1. The van der Waals surface area contributed by atoms with E-state index in [4.69, 9.17) is 9.40 Å². The minimum Gasteiger partial charge on any atom is -0.456 e. The minimum absolute atomic E-state index is 0.873. The molecule has 0 N–H and O–H groups in total. The van der Waals surface area contributed by atoms with Crippen LogP contribution in [0.2, 0.25) is 0 Å². The Labute approximate surface area is 319 Å². The molecule has 0 amide bonds. The first-order valence-corrected chi connectivity index (χ1v) is 19.7. The highest BCUT2D eigenvalue weighted by Crippen LogP contribution is 2.44. The molecule has 0 radical (unpaired) electrons. The zero-order valence-electron chi connectivity index (χ0n) is 28.9. The van der Waals surface area contributed by atoms with Crippen LogP contribution in [-0.2, 0) is 0 Å². The van der Waals surface area contributed by atoms with Crippen molar-refractivity contribution in [3.8, 4) is 32.8 Å². The molecule has 0 aliphatic rings. The Morgan fingerprint density at radius 1 is 0.407 bits per heavy atom. The van der Waals surface area contributed by atoms with Crippen molar-refractivity contribution < 1.29 is 4.42 Å². The van der Waals surface area contributed by atoms with Crippen LogP contribution in [0.15, 0.2) is 186 Å². The Bertz CT molecular complexity index is 3160. The Hall–Kier alpha value is -6.53. The van der Waals surface area contributed by atoms with E-state index in [1.54, 1.807) is 11.3 Å². The number of anilines is 3. The zero-order valence-corrected chi connectivity index (χ0v) is 30.6. The summed E-state index contributed by atoms with van der Waals surface area (Å²) in [7, 11) is 0. The summed E-state index contributed by atoms with van der Waals surface area (Å²) in [6.45, 7) is 0. The first kappa shape index (κ1) is 31.0. The van der Waals surface area contributed by atoms with E-state index in [1.807, 2.05) is 23.5 Å². The van der Waals surface area contributed by atoms with Gasteiger partial charge < -0.3 is 9.32 Å². The summed E-state index contributed by atoms with van der Waals surface area (Å²) in [5.74, 6) is 0. The number of thiazole rings is 1. The molecule has 8 aromatic carbocycles. The largest absolute Gasteiger partial charge is 0.456 e. The maximum absolute atomic E-state index is 6.36. The third-order valence-corrected chi connectivity index (χ3v) is 12.6. The molecule has 11 aromatic rings. The van der Waals surface area contributed by atoms with E-state index in [0.29, 0.717) is 0 Å². The smallest absolute Gasteiger partial charge is 0.137 e. The third kappa shape index (κ3) is 5.20. The molecule has 0 unspecified atom stereocenters. The number of fused-ring (bicyclic) bond motifs is 8. The molecular formula is C49H30N2OS2. The van der Waals surface area contributed by atoms with Gasteiger partial charge in [0.1, 0.15) is 16.2 Å². The number of furan rings is 1. The van der Waals surface area contributed by atoms with Gasteiger partial charge >= 0.3 is 0 Å². The van der Waals surface area contributed by atoms with E-state index in [1.165, 1.54) is 47.1 Å². The van der Waals surface area contributed by atoms with Crippen LogP contribution in [-0.4, -0.2) is 4.98 Å². The van der Waals surface area contributed by atoms with Crippen molar-refractivity contribution in [2.24, 2.45) is 0 Å². The van der Waals surface area contributed by atoms with E-state index < -0.39 is 0 Å². The summed E-state index contributed by atoms with van der Waals surface area (Å²) in [5, 5.41) is 5.91. The molecular weight excluding hydrogens is 697 g/mol. The topological polar surface area (TPSA) is 29.3 Å². The van der Waals surface area contributed by atoms with E-state index in [-0.39, 0.29) is 0 Å². The van der Waals surface area contributed by atoms with Crippen LogP contribution in [0, 0.1) is 0 Å². The standard InChI is InChI=1S/C49H30N2OS2/c1-3-10-31(11-4-1)34-14-9-15-37(28-34)51(38-23-25-40-39-16-7-8-17-43(39)52-44(40)30-38)36-21-18-32(19-22-36)35-20-24-41-46(29-35)53-45-27-26-42-48(47(41)45)54-49(50-42)33-12-5-2-6-13-33/h1-30H. The molecule has 3 heterocycles. The highest BCUT2D eigenvalue weighted by atomic mass is 32.1. The van der Waals surface area contributed by atoms with Crippen molar-refractivity contribution in [2.45, 2.75) is 0 Å². The Kier molecular flexibility index (Phi) is 7.22. The van der Waals surface area contributed by atoms with Gasteiger partial charge in [0.05, 0.1) is 10.2 Å². The summed E-state index contributed by atoms with van der Waals surface area (Å²) < 4.78 is 10.2. The molecule has 5 heteroatoms. The molecule has 3 nitrogen and oxygen atoms in total. The lowest BCUT2D eigenvalue weighted by atomic mass is 10.0. The van der Waals surface area contributed by atoms with Gasteiger partial charge in [-0.25, -0.2) is 4.98 Å². The maximum Gasteiger partial charge on any atom is 0.137 e. The molecule has 254 valence electrons. The van der Waals surface area contributed by atoms with Crippen LogP contribution in [0.1, 0.15) is 0 Å². The van der Waals surface area contributed by atoms with Crippen molar-refractivity contribution in [2.75, 3.05) is 4.90 Å². The fourth-order valence-electron chi connectivity index (χ4n) is 7.69. The van der Waals surface area contributed by atoms with Crippen LogP contribution in [0.4, 0.5) is 17.1 Å². The third-order valence-electron chi connectivity index (χ3n) is 10.3. The maximum atomic E-state index is 6.36. The average molecular weight is 727 g/mol. The lowest BCUT2D eigenvalue weighted by molar-refractivity contribution is 0.669. The quantitative estimate of drug-likeness (QED) is 0.171. The molecule has 0 aliphatic heterocycles. The molecule has 0 saturated carbocycles. The van der Waals surface area contributed by atoms with Crippen molar-refractivity contribution >= 4 is 92.1 Å². The van der Waals surface area contributed by atoms with Crippen LogP contribution in [0.25, 0.3) is 85.2 Å². The second-order valence-corrected chi connectivity index (χ2v) is 15.6. The second kappa shape index (κ2) is 12.6. The van der Waals surface area contributed by atoms with Crippen LogP contribution >= 0.6 is 22.7 Å². The number of benzene rings is 8. The monoisotopic (exact) mass is 726 g/mol. The minimum atomic E-state index is 0.873.